The molecule has 3 rings (SSSR count). The summed E-state index contributed by atoms with van der Waals surface area (Å²) in [6, 6.07) is 11.2. The van der Waals surface area contributed by atoms with Crippen LogP contribution in [0.5, 0.6) is 0 Å². The molecule has 2 aromatic rings. The molecule has 0 bridgehead atoms. The number of para-hydroxylation sites is 1. The number of anilines is 1. The van der Waals surface area contributed by atoms with Crippen LogP contribution in [0, 0.1) is 0 Å². The second-order valence-corrected chi connectivity index (χ2v) is 6.97. The Balaban J connectivity index is 1.87. The molecule has 0 aliphatic carbocycles. The molecule has 1 aliphatic heterocycles. The first-order chi connectivity index (χ1) is 10.0. The highest BCUT2D eigenvalue weighted by atomic mass is 15.2. The molecule has 3 heteroatoms. The number of hydrogen-bond acceptors (Lipinski definition) is 3. The van der Waals surface area contributed by atoms with Crippen LogP contribution < -0.4 is 10.2 Å². The van der Waals surface area contributed by atoms with Crippen LogP contribution in [-0.4, -0.2) is 29.7 Å². The molecule has 0 spiro atoms. The van der Waals surface area contributed by atoms with E-state index in [0.29, 0.717) is 6.04 Å². The monoisotopic (exact) mass is 283 g/mol. The molecule has 1 aromatic heterocycles. The fourth-order valence-electron chi connectivity index (χ4n) is 3.12. The molecule has 1 aromatic carbocycles. The summed E-state index contributed by atoms with van der Waals surface area (Å²) >= 11 is 0. The summed E-state index contributed by atoms with van der Waals surface area (Å²) in [4.78, 5) is 7.04. The molecule has 1 N–H and O–H groups in total. The van der Waals surface area contributed by atoms with Crippen molar-refractivity contribution in [3.8, 4) is 0 Å². The second-order valence-electron chi connectivity index (χ2n) is 6.97. The maximum absolute atomic E-state index is 4.48. The van der Waals surface area contributed by atoms with Crippen LogP contribution in [0.15, 0.2) is 36.5 Å². The zero-order chi connectivity index (χ0) is 14.9. The third kappa shape index (κ3) is 3.18. The molecular formula is C18H25N3. The fourth-order valence-corrected chi connectivity index (χ4v) is 3.12. The molecule has 1 atom stereocenters. The summed E-state index contributed by atoms with van der Waals surface area (Å²) in [5, 5.41) is 4.92. The maximum atomic E-state index is 4.48. The van der Waals surface area contributed by atoms with Crippen LogP contribution >= 0.6 is 0 Å². The van der Waals surface area contributed by atoms with E-state index in [0.717, 1.165) is 18.6 Å². The molecule has 1 fully saturated rings. The van der Waals surface area contributed by atoms with Gasteiger partial charge in [0.1, 0.15) is 0 Å². The normalized spacial score (nSPS) is 19.4. The number of pyridine rings is 1. The lowest BCUT2D eigenvalue weighted by atomic mass is 10.1. The number of rotatable bonds is 3. The molecule has 2 heterocycles. The summed E-state index contributed by atoms with van der Waals surface area (Å²) < 4.78 is 0. The van der Waals surface area contributed by atoms with E-state index in [1.54, 1.807) is 0 Å². The Morgan fingerprint density at radius 1 is 1.24 bits per heavy atom. The molecule has 21 heavy (non-hydrogen) atoms. The molecule has 112 valence electrons. The smallest absolute Gasteiger partial charge is 0.0722 e. The van der Waals surface area contributed by atoms with Crippen molar-refractivity contribution in [2.75, 3.05) is 18.0 Å². The second kappa shape index (κ2) is 5.64. The average molecular weight is 283 g/mol. The minimum Gasteiger partial charge on any atom is -0.367 e. The van der Waals surface area contributed by atoms with Gasteiger partial charge in [0.15, 0.2) is 0 Å². The predicted octanol–water partition coefficient (Wildman–Crippen LogP) is 3.59. The van der Waals surface area contributed by atoms with E-state index in [-0.39, 0.29) is 5.54 Å². The standard InChI is InChI=1S/C18H25N3/c1-18(2,3)20-13-14-7-6-12-21(14)17-10-11-19-16-9-5-4-8-15(16)17/h4-5,8-11,14,20H,6-7,12-13H2,1-3H3. The third-order valence-electron chi connectivity index (χ3n) is 4.18. The van der Waals surface area contributed by atoms with E-state index in [1.165, 1.54) is 23.9 Å². The summed E-state index contributed by atoms with van der Waals surface area (Å²) in [7, 11) is 0. The highest BCUT2D eigenvalue weighted by Gasteiger charge is 2.26. The minimum absolute atomic E-state index is 0.175. The lowest BCUT2D eigenvalue weighted by molar-refractivity contribution is 0.405. The first-order valence-corrected chi connectivity index (χ1v) is 7.90. The van der Waals surface area contributed by atoms with Gasteiger partial charge >= 0.3 is 0 Å². The van der Waals surface area contributed by atoms with Gasteiger partial charge in [0.05, 0.1) is 5.52 Å². The van der Waals surface area contributed by atoms with Crippen LogP contribution in [0.3, 0.4) is 0 Å². The highest BCUT2D eigenvalue weighted by molar-refractivity contribution is 5.91. The first-order valence-electron chi connectivity index (χ1n) is 7.90. The quantitative estimate of drug-likeness (QED) is 0.933. The van der Waals surface area contributed by atoms with Crippen molar-refractivity contribution in [2.45, 2.75) is 45.2 Å². The van der Waals surface area contributed by atoms with E-state index in [9.17, 15) is 0 Å². The van der Waals surface area contributed by atoms with Crippen LogP contribution in [0.4, 0.5) is 5.69 Å². The number of nitrogens with zero attached hydrogens (tertiary/aromatic N) is 2. The Morgan fingerprint density at radius 2 is 2.05 bits per heavy atom. The zero-order valence-electron chi connectivity index (χ0n) is 13.3. The Bertz CT molecular complexity index is 610. The van der Waals surface area contributed by atoms with Crippen LogP contribution in [0.25, 0.3) is 10.9 Å². The number of fused-ring (bicyclic) bond motifs is 1. The van der Waals surface area contributed by atoms with E-state index in [2.05, 4.69) is 66.3 Å². The van der Waals surface area contributed by atoms with Gasteiger partial charge in [0.2, 0.25) is 0 Å². The number of hydrogen-bond donors (Lipinski definition) is 1. The molecule has 0 amide bonds. The van der Waals surface area contributed by atoms with Gasteiger partial charge in [-0.25, -0.2) is 0 Å². The lowest BCUT2D eigenvalue weighted by Gasteiger charge is -2.31. The zero-order valence-corrected chi connectivity index (χ0v) is 13.3. The Labute approximate surface area is 127 Å². The molecule has 3 nitrogen and oxygen atoms in total. The summed E-state index contributed by atoms with van der Waals surface area (Å²) in [6.45, 7) is 8.88. The van der Waals surface area contributed by atoms with E-state index in [4.69, 9.17) is 0 Å². The Morgan fingerprint density at radius 3 is 2.86 bits per heavy atom. The summed E-state index contributed by atoms with van der Waals surface area (Å²) in [5.74, 6) is 0. The lowest BCUT2D eigenvalue weighted by Crippen LogP contribution is -2.45. The SMILES string of the molecule is CC(C)(C)NCC1CCCN1c1ccnc2ccccc12. The molecule has 0 saturated carbocycles. The largest absolute Gasteiger partial charge is 0.367 e. The molecule has 1 unspecified atom stereocenters. The third-order valence-corrected chi connectivity index (χ3v) is 4.18. The van der Waals surface area contributed by atoms with Crippen LogP contribution in [0.2, 0.25) is 0 Å². The predicted molar refractivity (Wildman–Crippen MR) is 89.9 cm³/mol. The van der Waals surface area contributed by atoms with Gasteiger partial charge in [0.25, 0.3) is 0 Å². The highest BCUT2D eigenvalue weighted by Crippen LogP contribution is 2.31. The van der Waals surface area contributed by atoms with Crippen molar-refractivity contribution in [2.24, 2.45) is 0 Å². The molecule has 1 aliphatic rings. The van der Waals surface area contributed by atoms with Crippen LogP contribution in [-0.2, 0) is 0 Å². The van der Waals surface area contributed by atoms with Crippen molar-refractivity contribution in [1.82, 2.24) is 10.3 Å². The fraction of sp³-hybridized carbons (Fsp3) is 0.500. The molecule has 0 radical (unpaired) electrons. The topological polar surface area (TPSA) is 28.2 Å². The van der Waals surface area contributed by atoms with E-state index in [1.807, 2.05) is 6.20 Å². The van der Waals surface area contributed by atoms with E-state index < -0.39 is 0 Å². The van der Waals surface area contributed by atoms with Gasteiger partial charge < -0.3 is 10.2 Å². The van der Waals surface area contributed by atoms with Crippen molar-refractivity contribution in [3.63, 3.8) is 0 Å². The van der Waals surface area contributed by atoms with Crippen LogP contribution in [0.1, 0.15) is 33.6 Å². The van der Waals surface area contributed by atoms with Crippen molar-refractivity contribution >= 4 is 16.6 Å². The van der Waals surface area contributed by atoms with Crippen molar-refractivity contribution < 1.29 is 0 Å². The molecular weight excluding hydrogens is 258 g/mol. The van der Waals surface area contributed by atoms with Gasteiger partial charge in [-0.1, -0.05) is 18.2 Å². The minimum atomic E-state index is 0.175. The van der Waals surface area contributed by atoms with Gasteiger partial charge in [0, 0.05) is 41.9 Å². The van der Waals surface area contributed by atoms with Gasteiger partial charge in [-0.05, 0) is 45.7 Å². The summed E-state index contributed by atoms with van der Waals surface area (Å²) in [5.41, 5.74) is 2.59. The van der Waals surface area contributed by atoms with Crippen molar-refractivity contribution in [1.29, 1.82) is 0 Å². The first kappa shape index (κ1) is 14.3. The van der Waals surface area contributed by atoms with E-state index >= 15 is 0 Å². The van der Waals surface area contributed by atoms with Gasteiger partial charge in [-0.3, -0.25) is 4.98 Å². The number of aromatic nitrogens is 1. The Kier molecular flexibility index (Phi) is 3.85. The molecule has 1 saturated heterocycles. The maximum Gasteiger partial charge on any atom is 0.0722 e. The number of nitrogens with one attached hydrogen (secondary N) is 1. The van der Waals surface area contributed by atoms with Gasteiger partial charge in [-0.2, -0.15) is 0 Å². The number of benzene rings is 1. The van der Waals surface area contributed by atoms with Crippen molar-refractivity contribution in [3.05, 3.63) is 36.5 Å². The summed E-state index contributed by atoms with van der Waals surface area (Å²) in [6.07, 6.45) is 4.47. The van der Waals surface area contributed by atoms with Gasteiger partial charge in [-0.15, -0.1) is 0 Å². The Hall–Kier alpha value is -1.61. The average Bonchev–Trinajstić information content (AvgIpc) is 2.92.